The van der Waals surface area contributed by atoms with Crippen LogP contribution in [0.25, 0.3) is 0 Å². The Morgan fingerprint density at radius 2 is 2.27 bits per heavy atom. The SMILES string of the molecule is CCNC1(C)CCN(c2nccs2)CC1. The highest BCUT2D eigenvalue weighted by atomic mass is 32.1. The third-order valence-electron chi connectivity index (χ3n) is 3.16. The van der Waals surface area contributed by atoms with Crippen LogP contribution in [0, 0.1) is 0 Å². The molecule has 0 spiro atoms. The summed E-state index contributed by atoms with van der Waals surface area (Å²) < 4.78 is 0. The fourth-order valence-corrected chi connectivity index (χ4v) is 2.86. The minimum atomic E-state index is 0.336. The van der Waals surface area contributed by atoms with Gasteiger partial charge in [0.05, 0.1) is 0 Å². The van der Waals surface area contributed by atoms with Crippen LogP contribution in [0.3, 0.4) is 0 Å². The molecule has 0 atom stereocenters. The minimum absolute atomic E-state index is 0.336. The van der Waals surface area contributed by atoms with E-state index in [1.807, 2.05) is 11.6 Å². The molecule has 0 saturated carbocycles. The maximum Gasteiger partial charge on any atom is 0.185 e. The number of nitrogens with zero attached hydrogens (tertiary/aromatic N) is 2. The van der Waals surface area contributed by atoms with E-state index in [-0.39, 0.29) is 0 Å². The molecule has 0 unspecified atom stereocenters. The van der Waals surface area contributed by atoms with Crippen LogP contribution in [0.1, 0.15) is 26.7 Å². The lowest BCUT2D eigenvalue weighted by atomic mass is 9.90. The van der Waals surface area contributed by atoms with Crippen LogP contribution in [0.5, 0.6) is 0 Å². The molecule has 1 N–H and O–H groups in total. The Labute approximate surface area is 95.5 Å². The van der Waals surface area contributed by atoms with Crippen molar-refractivity contribution in [2.24, 2.45) is 0 Å². The van der Waals surface area contributed by atoms with Crippen molar-refractivity contribution in [3.05, 3.63) is 11.6 Å². The Morgan fingerprint density at radius 3 is 2.80 bits per heavy atom. The first-order valence-corrected chi connectivity index (χ1v) is 6.51. The molecule has 2 heterocycles. The number of thiazole rings is 1. The summed E-state index contributed by atoms with van der Waals surface area (Å²) in [5.41, 5.74) is 0.336. The first kappa shape index (κ1) is 10.9. The van der Waals surface area contributed by atoms with Gasteiger partial charge in [0.25, 0.3) is 0 Å². The Bertz CT molecular complexity index is 289. The highest BCUT2D eigenvalue weighted by molar-refractivity contribution is 7.13. The zero-order chi connectivity index (χ0) is 10.7. The van der Waals surface area contributed by atoms with Gasteiger partial charge >= 0.3 is 0 Å². The summed E-state index contributed by atoms with van der Waals surface area (Å²) in [4.78, 5) is 6.75. The van der Waals surface area contributed by atoms with Crippen molar-refractivity contribution in [3.8, 4) is 0 Å². The lowest BCUT2D eigenvalue weighted by Crippen LogP contribution is -2.51. The van der Waals surface area contributed by atoms with Gasteiger partial charge in [0.1, 0.15) is 0 Å². The van der Waals surface area contributed by atoms with Crippen LogP contribution >= 0.6 is 11.3 Å². The van der Waals surface area contributed by atoms with E-state index >= 15 is 0 Å². The second-order valence-corrected chi connectivity index (χ2v) is 5.27. The van der Waals surface area contributed by atoms with Crippen LogP contribution in [0.2, 0.25) is 0 Å². The number of nitrogens with one attached hydrogen (secondary N) is 1. The van der Waals surface area contributed by atoms with Crippen LogP contribution in [0.4, 0.5) is 5.13 Å². The van der Waals surface area contributed by atoms with E-state index in [2.05, 4.69) is 29.0 Å². The van der Waals surface area contributed by atoms with Crippen LogP contribution in [-0.2, 0) is 0 Å². The monoisotopic (exact) mass is 225 g/mol. The molecule has 1 saturated heterocycles. The number of piperidine rings is 1. The minimum Gasteiger partial charge on any atom is -0.348 e. The van der Waals surface area contributed by atoms with Crippen molar-refractivity contribution in [1.29, 1.82) is 0 Å². The summed E-state index contributed by atoms with van der Waals surface area (Å²) in [5.74, 6) is 0. The van der Waals surface area contributed by atoms with E-state index in [1.54, 1.807) is 11.3 Å². The topological polar surface area (TPSA) is 28.2 Å². The molecule has 1 aromatic rings. The van der Waals surface area contributed by atoms with Gasteiger partial charge in [-0.2, -0.15) is 0 Å². The molecular formula is C11H19N3S. The molecule has 0 amide bonds. The molecule has 1 aromatic heterocycles. The van der Waals surface area contributed by atoms with Crippen LogP contribution in [-0.4, -0.2) is 30.2 Å². The van der Waals surface area contributed by atoms with Crippen molar-refractivity contribution in [3.63, 3.8) is 0 Å². The van der Waals surface area contributed by atoms with Crippen LogP contribution in [0.15, 0.2) is 11.6 Å². The van der Waals surface area contributed by atoms with E-state index in [9.17, 15) is 0 Å². The second-order valence-electron chi connectivity index (χ2n) is 4.39. The second kappa shape index (κ2) is 4.49. The fraction of sp³-hybridized carbons (Fsp3) is 0.727. The molecule has 15 heavy (non-hydrogen) atoms. The largest absolute Gasteiger partial charge is 0.348 e. The molecule has 3 nitrogen and oxygen atoms in total. The van der Waals surface area contributed by atoms with Crippen molar-refractivity contribution in [2.75, 3.05) is 24.5 Å². The third kappa shape index (κ3) is 2.49. The normalized spacial score (nSPS) is 20.5. The molecule has 2 rings (SSSR count). The molecule has 84 valence electrons. The average Bonchev–Trinajstić information content (AvgIpc) is 2.72. The van der Waals surface area contributed by atoms with Crippen molar-refractivity contribution in [2.45, 2.75) is 32.2 Å². The molecule has 4 heteroatoms. The molecule has 0 bridgehead atoms. The maximum absolute atomic E-state index is 4.36. The summed E-state index contributed by atoms with van der Waals surface area (Å²) in [6.45, 7) is 7.82. The molecule has 1 fully saturated rings. The standard InChI is InChI=1S/C11H19N3S/c1-3-13-11(2)4-7-14(8-5-11)10-12-6-9-15-10/h6,9,13H,3-5,7-8H2,1-2H3. The highest BCUT2D eigenvalue weighted by Crippen LogP contribution is 2.26. The van der Waals surface area contributed by atoms with Gasteiger partial charge in [-0.05, 0) is 26.3 Å². The quantitative estimate of drug-likeness (QED) is 0.854. The molecule has 0 radical (unpaired) electrons. The summed E-state index contributed by atoms with van der Waals surface area (Å²) in [7, 11) is 0. The third-order valence-corrected chi connectivity index (χ3v) is 3.99. The van der Waals surface area contributed by atoms with Gasteiger partial charge in [-0.3, -0.25) is 0 Å². The number of hydrogen-bond acceptors (Lipinski definition) is 4. The van der Waals surface area contributed by atoms with Gasteiger partial charge in [0.2, 0.25) is 0 Å². The zero-order valence-electron chi connectivity index (χ0n) is 9.49. The van der Waals surface area contributed by atoms with Gasteiger partial charge in [-0.25, -0.2) is 4.98 Å². The Morgan fingerprint density at radius 1 is 1.53 bits per heavy atom. The van der Waals surface area contributed by atoms with E-state index in [4.69, 9.17) is 0 Å². The molecular weight excluding hydrogens is 206 g/mol. The first-order chi connectivity index (χ1) is 7.23. The Kier molecular flexibility index (Phi) is 3.26. The maximum atomic E-state index is 4.36. The van der Waals surface area contributed by atoms with E-state index in [0.717, 1.165) is 19.6 Å². The number of aromatic nitrogens is 1. The van der Waals surface area contributed by atoms with Gasteiger partial charge in [0, 0.05) is 30.2 Å². The van der Waals surface area contributed by atoms with E-state index in [0.29, 0.717) is 5.54 Å². The Balaban J connectivity index is 1.92. The lowest BCUT2D eigenvalue weighted by molar-refractivity contribution is 0.290. The molecule has 1 aliphatic rings. The highest BCUT2D eigenvalue weighted by Gasteiger charge is 2.29. The molecule has 1 aliphatic heterocycles. The summed E-state index contributed by atoms with van der Waals surface area (Å²) in [6, 6.07) is 0. The average molecular weight is 225 g/mol. The molecule has 0 aromatic carbocycles. The van der Waals surface area contributed by atoms with Crippen molar-refractivity contribution < 1.29 is 0 Å². The number of rotatable bonds is 3. The van der Waals surface area contributed by atoms with Crippen molar-refractivity contribution >= 4 is 16.5 Å². The first-order valence-electron chi connectivity index (χ1n) is 5.63. The van der Waals surface area contributed by atoms with Gasteiger partial charge < -0.3 is 10.2 Å². The van der Waals surface area contributed by atoms with E-state index in [1.165, 1.54) is 18.0 Å². The van der Waals surface area contributed by atoms with Crippen molar-refractivity contribution in [1.82, 2.24) is 10.3 Å². The smallest absolute Gasteiger partial charge is 0.185 e. The predicted molar refractivity (Wildman–Crippen MR) is 65.6 cm³/mol. The molecule has 0 aliphatic carbocycles. The van der Waals surface area contributed by atoms with Gasteiger partial charge in [-0.1, -0.05) is 6.92 Å². The van der Waals surface area contributed by atoms with Gasteiger partial charge in [-0.15, -0.1) is 11.3 Å². The van der Waals surface area contributed by atoms with Crippen LogP contribution < -0.4 is 10.2 Å². The zero-order valence-corrected chi connectivity index (χ0v) is 10.3. The summed E-state index contributed by atoms with van der Waals surface area (Å²) in [6.07, 6.45) is 4.30. The van der Waals surface area contributed by atoms with Gasteiger partial charge in [0.15, 0.2) is 5.13 Å². The van der Waals surface area contributed by atoms with E-state index < -0.39 is 0 Å². The lowest BCUT2D eigenvalue weighted by Gasteiger charge is -2.39. The predicted octanol–water partition coefficient (Wildman–Crippen LogP) is 2.11. The summed E-state index contributed by atoms with van der Waals surface area (Å²) in [5, 5.41) is 6.81. The Hall–Kier alpha value is -0.610. The fourth-order valence-electron chi connectivity index (χ4n) is 2.17. The number of hydrogen-bond donors (Lipinski definition) is 1. The summed E-state index contributed by atoms with van der Waals surface area (Å²) >= 11 is 1.74. The number of anilines is 1.